The fourth-order valence-electron chi connectivity index (χ4n) is 3.00. The second-order valence-electron chi connectivity index (χ2n) is 6.08. The van der Waals surface area contributed by atoms with Crippen LogP contribution >= 0.6 is 0 Å². The van der Waals surface area contributed by atoms with Crippen LogP contribution in [0.1, 0.15) is 30.9 Å². The van der Waals surface area contributed by atoms with Crippen LogP contribution in [0, 0.1) is 0 Å². The van der Waals surface area contributed by atoms with E-state index in [9.17, 15) is 4.79 Å². The van der Waals surface area contributed by atoms with E-state index in [1.54, 1.807) is 0 Å². The molecule has 114 valence electrons. The van der Waals surface area contributed by atoms with Crippen molar-refractivity contribution in [2.24, 2.45) is 0 Å². The molecule has 0 aliphatic carbocycles. The zero-order valence-electron chi connectivity index (χ0n) is 13.0. The average Bonchev–Trinajstić information content (AvgIpc) is 2.84. The van der Waals surface area contributed by atoms with Crippen LogP contribution in [0.3, 0.4) is 0 Å². The van der Waals surface area contributed by atoms with Crippen LogP contribution in [-0.2, 0) is 17.9 Å². The van der Waals surface area contributed by atoms with Crippen LogP contribution in [0.2, 0.25) is 0 Å². The Morgan fingerprint density at radius 2 is 1.59 bits per heavy atom. The topological polar surface area (TPSA) is 32.3 Å². The van der Waals surface area contributed by atoms with Crippen molar-refractivity contribution in [2.45, 2.75) is 38.5 Å². The molecule has 1 fully saturated rings. The van der Waals surface area contributed by atoms with Crippen molar-refractivity contribution in [1.82, 2.24) is 10.2 Å². The standard InChI is InChI=1S/C19H22N2O/c1-19(20-14-16-8-4-2-5-9-16)13-12-18(22)21(19)15-17-10-6-3-7-11-17/h2-11,20H,12-15H2,1H3. The Labute approximate surface area is 132 Å². The Balaban J connectivity index is 1.71. The molecule has 3 heteroatoms. The van der Waals surface area contributed by atoms with Gasteiger partial charge in [0.15, 0.2) is 0 Å². The molecule has 1 aliphatic rings. The fourth-order valence-corrected chi connectivity index (χ4v) is 3.00. The summed E-state index contributed by atoms with van der Waals surface area (Å²) in [6.07, 6.45) is 1.47. The second-order valence-corrected chi connectivity index (χ2v) is 6.08. The van der Waals surface area contributed by atoms with Gasteiger partial charge in [-0.3, -0.25) is 10.1 Å². The Morgan fingerprint density at radius 3 is 2.23 bits per heavy atom. The quantitative estimate of drug-likeness (QED) is 0.917. The summed E-state index contributed by atoms with van der Waals surface area (Å²) in [5.74, 6) is 0.229. The van der Waals surface area contributed by atoms with Gasteiger partial charge >= 0.3 is 0 Å². The number of hydrogen-bond donors (Lipinski definition) is 1. The van der Waals surface area contributed by atoms with Gasteiger partial charge in [0.25, 0.3) is 0 Å². The highest BCUT2D eigenvalue weighted by Crippen LogP contribution is 2.29. The first-order chi connectivity index (χ1) is 10.7. The van der Waals surface area contributed by atoms with Crippen molar-refractivity contribution in [3.05, 3.63) is 71.8 Å². The molecule has 0 radical (unpaired) electrons. The maximum atomic E-state index is 12.3. The second kappa shape index (κ2) is 6.32. The van der Waals surface area contributed by atoms with Crippen LogP contribution in [0.5, 0.6) is 0 Å². The van der Waals surface area contributed by atoms with E-state index >= 15 is 0 Å². The molecule has 1 atom stereocenters. The zero-order chi connectivity index (χ0) is 15.4. The first-order valence-electron chi connectivity index (χ1n) is 7.81. The number of nitrogens with one attached hydrogen (secondary N) is 1. The summed E-state index contributed by atoms with van der Waals surface area (Å²) in [4.78, 5) is 14.3. The molecule has 1 saturated heterocycles. The van der Waals surface area contributed by atoms with Gasteiger partial charge in [-0.15, -0.1) is 0 Å². The average molecular weight is 294 g/mol. The smallest absolute Gasteiger partial charge is 0.224 e. The lowest BCUT2D eigenvalue weighted by Crippen LogP contribution is -2.53. The molecule has 3 nitrogen and oxygen atoms in total. The summed E-state index contributed by atoms with van der Waals surface area (Å²) in [7, 11) is 0. The number of carbonyl (C=O) groups excluding carboxylic acids is 1. The summed E-state index contributed by atoms with van der Waals surface area (Å²) < 4.78 is 0. The number of rotatable bonds is 5. The minimum absolute atomic E-state index is 0.229. The Kier molecular flexibility index (Phi) is 4.25. The predicted octanol–water partition coefficient (Wildman–Crippen LogP) is 3.32. The molecule has 3 rings (SSSR count). The van der Waals surface area contributed by atoms with Gasteiger partial charge in [-0.2, -0.15) is 0 Å². The minimum Gasteiger partial charge on any atom is -0.320 e. The van der Waals surface area contributed by atoms with E-state index in [0.29, 0.717) is 13.0 Å². The van der Waals surface area contributed by atoms with Crippen LogP contribution in [-0.4, -0.2) is 16.5 Å². The molecule has 0 bridgehead atoms. The van der Waals surface area contributed by atoms with E-state index in [1.807, 2.05) is 41.3 Å². The van der Waals surface area contributed by atoms with E-state index in [4.69, 9.17) is 0 Å². The highest BCUT2D eigenvalue weighted by Gasteiger charge is 2.40. The van der Waals surface area contributed by atoms with E-state index in [1.165, 1.54) is 11.1 Å². The number of hydrogen-bond acceptors (Lipinski definition) is 2. The van der Waals surface area contributed by atoms with Gasteiger partial charge in [0, 0.05) is 19.5 Å². The third kappa shape index (κ3) is 3.20. The number of amides is 1. The third-order valence-corrected chi connectivity index (χ3v) is 4.42. The molecule has 1 unspecified atom stereocenters. The Hall–Kier alpha value is -2.13. The maximum Gasteiger partial charge on any atom is 0.224 e. The predicted molar refractivity (Wildman–Crippen MR) is 87.9 cm³/mol. The van der Waals surface area contributed by atoms with Crippen LogP contribution in [0.4, 0.5) is 0 Å². The van der Waals surface area contributed by atoms with Crippen molar-refractivity contribution in [3.8, 4) is 0 Å². The van der Waals surface area contributed by atoms with Crippen LogP contribution < -0.4 is 5.32 Å². The van der Waals surface area contributed by atoms with Gasteiger partial charge in [-0.1, -0.05) is 60.7 Å². The lowest BCUT2D eigenvalue weighted by molar-refractivity contribution is -0.132. The van der Waals surface area contributed by atoms with Gasteiger partial charge < -0.3 is 4.90 Å². The summed E-state index contributed by atoms with van der Waals surface area (Å²) in [6, 6.07) is 20.5. The highest BCUT2D eigenvalue weighted by atomic mass is 16.2. The van der Waals surface area contributed by atoms with Crippen molar-refractivity contribution in [1.29, 1.82) is 0 Å². The van der Waals surface area contributed by atoms with Gasteiger partial charge in [-0.05, 0) is 24.5 Å². The molecule has 0 saturated carbocycles. The molecule has 1 heterocycles. The normalized spacial score (nSPS) is 21.3. The largest absolute Gasteiger partial charge is 0.320 e. The van der Waals surface area contributed by atoms with Crippen LogP contribution in [0.25, 0.3) is 0 Å². The summed E-state index contributed by atoms with van der Waals surface area (Å²) in [5, 5.41) is 3.58. The SMILES string of the molecule is CC1(NCc2ccccc2)CCC(=O)N1Cc1ccccc1. The number of nitrogens with zero attached hydrogens (tertiary/aromatic N) is 1. The molecular formula is C19H22N2O. The zero-order valence-corrected chi connectivity index (χ0v) is 13.0. The van der Waals surface area contributed by atoms with Crippen LogP contribution in [0.15, 0.2) is 60.7 Å². The Morgan fingerprint density at radius 1 is 1.00 bits per heavy atom. The lowest BCUT2D eigenvalue weighted by atomic mass is 10.1. The minimum atomic E-state index is -0.275. The number of benzene rings is 2. The van der Waals surface area contributed by atoms with E-state index in [0.717, 1.165) is 13.0 Å². The maximum absolute atomic E-state index is 12.3. The van der Waals surface area contributed by atoms with Crippen molar-refractivity contribution in [2.75, 3.05) is 0 Å². The molecule has 22 heavy (non-hydrogen) atoms. The molecule has 1 aliphatic heterocycles. The molecule has 2 aromatic carbocycles. The first kappa shape index (κ1) is 14.8. The van der Waals surface area contributed by atoms with Crippen molar-refractivity contribution in [3.63, 3.8) is 0 Å². The number of likely N-dealkylation sites (tertiary alicyclic amines) is 1. The molecule has 1 amide bonds. The van der Waals surface area contributed by atoms with Gasteiger partial charge in [0.1, 0.15) is 0 Å². The third-order valence-electron chi connectivity index (χ3n) is 4.42. The fraction of sp³-hybridized carbons (Fsp3) is 0.316. The molecule has 2 aromatic rings. The van der Waals surface area contributed by atoms with Gasteiger partial charge in [0.05, 0.1) is 5.66 Å². The summed E-state index contributed by atoms with van der Waals surface area (Å²) >= 11 is 0. The monoisotopic (exact) mass is 294 g/mol. The summed E-state index contributed by atoms with van der Waals surface area (Å²) in [6.45, 7) is 3.57. The highest BCUT2D eigenvalue weighted by molar-refractivity contribution is 5.79. The van der Waals surface area contributed by atoms with Crippen molar-refractivity contribution >= 4 is 5.91 Å². The lowest BCUT2D eigenvalue weighted by Gasteiger charge is -2.36. The van der Waals surface area contributed by atoms with E-state index in [2.05, 4.69) is 36.5 Å². The van der Waals surface area contributed by atoms with E-state index in [-0.39, 0.29) is 11.6 Å². The number of carbonyl (C=O) groups is 1. The molecular weight excluding hydrogens is 272 g/mol. The van der Waals surface area contributed by atoms with E-state index < -0.39 is 0 Å². The first-order valence-corrected chi connectivity index (χ1v) is 7.81. The van der Waals surface area contributed by atoms with Gasteiger partial charge in [-0.25, -0.2) is 0 Å². The summed E-state index contributed by atoms with van der Waals surface area (Å²) in [5.41, 5.74) is 2.14. The molecule has 0 spiro atoms. The molecule has 0 aromatic heterocycles. The van der Waals surface area contributed by atoms with Crippen molar-refractivity contribution < 1.29 is 4.79 Å². The molecule has 1 N–H and O–H groups in total. The Bertz CT molecular complexity index is 626. The van der Waals surface area contributed by atoms with Gasteiger partial charge in [0.2, 0.25) is 5.91 Å².